The van der Waals surface area contributed by atoms with Gasteiger partial charge >= 0.3 is 0 Å². The molecule has 0 spiro atoms. The highest BCUT2D eigenvalue weighted by molar-refractivity contribution is 5.62. The highest BCUT2D eigenvalue weighted by Crippen LogP contribution is 2.59. The summed E-state index contributed by atoms with van der Waals surface area (Å²) in [5.41, 5.74) is 6.38. The first-order chi connectivity index (χ1) is 17.0. The molecule has 36 heavy (non-hydrogen) atoms. The van der Waals surface area contributed by atoms with Crippen molar-refractivity contribution in [3.8, 4) is 35.5 Å². The first-order valence-electron chi connectivity index (χ1n) is 11.9. The zero-order chi connectivity index (χ0) is 27.3. The summed E-state index contributed by atoms with van der Waals surface area (Å²) in [5.74, 6) is 0.779. The van der Waals surface area contributed by atoms with E-state index in [1.807, 2.05) is 0 Å². The maximum atomic E-state index is 10.4. The zero-order valence-electron chi connectivity index (χ0n) is 22.2. The van der Waals surface area contributed by atoms with Crippen molar-refractivity contribution in [3.05, 3.63) is 40.6 Å². The predicted octanol–water partition coefficient (Wildman–Crippen LogP) is 4.58. The normalized spacial score (nSPS) is 22.4. The van der Waals surface area contributed by atoms with E-state index in [9.17, 15) is 15.8 Å². The van der Waals surface area contributed by atoms with Crippen LogP contribution in [0.4, 0.5) is 0 Å². The number of hydrogen-bond donors (Lipinski definition) is 2. The number of rotatable bonds is 4. The fourth-order valence-corrected chi connectivity index (χ4v) is 5.24. The standard InChI is InChI=1S/C26H30N4O3.C2H6O/c1-25(2,3)15-7-8-16-17(9-15)23(26(13-28,14-29)24(30)19(16)12-27)18-10-21(32-5)22(33-6)11-20(18)31-4;1-2-3/h8,10-11,15,17,23H,7,9,30H2,1-6H3;3H,2H2,1H3. The smallest absolute Gasteiger partial charge is 0.191 e. The molecule has 1 aromatic carbocycles. The number of allylic oxidation sites excluding steroid dienone is 4. The van der Waals surface area contributed by atoms with Crippen LogP contribution in [0.5, 0.6) is 17.2 Å². The van der Waals surface area contributed by atoms with Crippen molar-refractivity contribution >= 4 is 0 Å². The lowest BCUT2D eigenvalue weighted by Crippen LogP contribution is -2.44. The summed E-state index contributed by atoms with van der Waals surface area (Å²) in [6.45, 7) is 8.48. The molecule has 0 aliphatic heterocycles. The van der Waals surface area contributed by atoms with Gasteiger partial charge in [-0.05, 0) is 48.7 Å². The van der Waals surface area contributed by atoms with Crippen LogP contribution in [0.2, 0.25) is 0 Å². The van der Waals surface area contributed by atoms with Gasteiger partial charge in [-0.3, -0.25) is 0 Å². The quantitative estimate of drug-likeness (QED) is 0.621. The van der Waals surface area contributed by atoms with E-state index in [-0.39, 0.29) is 29.2 Å². The van der Waals surface area contributed by atoms with Crippen LogP contribution in [0.1, 0.15) is 52.0 Å². The largest absolute Gasteiger partial charge is 0.496 e. The van der Waals surface area contributed by atoms with Gasteiger partial charge in [-0.2, -0.15) is 15.8 Å². The number of benzene rings is 1. The number of hydrogen-bond acceptors (Lipinski definition) is 8. The molecule has 3 unspecified atom stereocenters. The Morgan fingerprint density at radius 2 is 1.56 bits per heavy atom. The average molecular weight is 493 g/mol. The van der Waals surface area contributed by atoms with Crippen LogP contribution in [0, 0.1) is 56.7 Å². The van der Waals surface area contributed by atoms with Crippen molar-refractivity contribution in [2.24, 2.45) is 28.4 Å². The van der Waals surface area contributed by atoms with Gasteiger partial charge in [0.05, 0.1) is 44.7 Å². The van der Waals surface area contributed by atoms with Gasteiger partial charge < -0.3 is 25.1 Å². The third kappa shape index (κ3) is 4.85. The van der Waals surface area contributed by atoms with Crippen LogP contribution in [0.15, 0.2) is 35.1 Å². The number of aliphatic hydroxyl groups excluding tert-OH is 1. The number of fused-ring (bicyclic) bond motifs is 1. The van der Waals surface area contributed by atoms with Crippen molar-refractivity contribution in [1.82, 2.24) is 0 Å². The van der Waals surface area contributed by atoms with Crippen molar-refractivity contribution < 1.29 is 19.3 Å². The Balaban J connectivity index is 0.00000145. The molecule has 1 aromatic rings. The maximum Gasteiger partial charge on any atom is 0.191 e. The summed E-state index contributed by atoms with van der Waals surface area (Å²) in [7, 11) is 4.59. The molecule has 2 aliphatic rings. The zero-order valence-corrected chi connectivity index (χ0v) is 22.2. The van der Waals surface area contributed by atoms with Crippen molar-refractivity contribution in [3.63, 3.8) is 0 Å². The van der Waals surface area contributed by atoms with E-state index in [0.717, 1.165) is 12.0 Å². The molecular formula is C28H36N4O4. The first kappa shape index (κ1) is 28.6. The van der Waals surface area contributed by atoms with E-state index >= 15 is 0 Å². The molecule has 0 aromatic heterocycles. The lowest BCUT2D eigenvalue weighted by atomic mass is 9.54. The molecule has 8 heteroatoms. The average Bonchev–Trinajstić information content (AvgIpc) is 2.87. The third-order valence-corrected chi connectivity index (χ3v) is 7.17. The van der Waals surface area contributed by atoms with E-state index in [1.165, 1.54) is 21.3 Å². The van der Waals surface area contributed by atoms with Crippen LogP contribution in [0.25, 0.3) is 0 Å². The number of nitrogens with zero attached hydrogens (tertiary/aromatic N) is 3. The Bertz CT molecular complexity index is 1140. The van der Waals surface area contributed by atoms with E-state index < -0.39 is 11.3 Å². The number of ether oxygens (including phenoxy) is 3. The fraction of sp³-hybridized carbons (Fsp3) is 0.536. The predicted molar refractivity (Wildman–Crippen MR) is 136 cm³/mol. The fourth-order valence-electron chi connectivity index (χ4n) is 5.24. The number of aliphatic hydroxyl groups is 1. The molecule has 3 atom stereocenters. The van der Waals surface area contributed by atoms with Gasteiger partial charge in [0.1, 0.15) is 11.8 Å². The summed E-state index contributed by atoms with van der Waals surface area (Å²) in [5, 5.41) is 38.2. The molecule has 0 amide bonds. The molecule has 0 fully saturated rings. The summed E-state index contributed by atoms with van der Waals surface area (Å²) < 4.78 is 16.6. The lowest BCUT2D eigenvalue weighted by Gasteiger charge is -2.47. The van der Waals surface area contributed by atoms with Crippen molar-refractivity contribution in [1.29, 1.82) is 15.8 Å². The monoisotopic (exact) mass is 492 g/mol. The van der Waals surface area contributed by atoms with E-state index in [2.05, 4.69) is 45.1 Å². The SMILES string of the molecule is CCO.COc1cc(OC)c(C2C3CC(C(C)(C)C)CC=C3C(C#N)=C(N)C2(C#N)C#N)cc1OC. The first-order valence-corrected chi connectivity index (χ1v) is 11.9. The Kier molecular flexibility index (Phi) is 9.03. The van der Waals surface area contributed by atoms with Crippen LogP contribution < -0.4 is 19.9 Å². The number of nitriles is 3. The van der Waals surface area contributed by atoms with Gasteiger partial charge in [-0.1, -0.05) is 26.8 Å². The number of nitrogens with two attached hydrogens (primary N) is 1. The van der Waals surface area contributed by atoms with E-state index in [1.54, 1.807) is 19.1 Å². The highest BCUT2D eigenvalue weighted by Gasteiger charge is 2.56. The molecule has 8 nitrogen and oxygen atoms in total. The van der Waals surface area contributed by atoms with Crippen LogP contribution >= 0.6 is 0 Å². The van der Waals surface area contributed by atoms with Crippen molar-refractivity contribution in [2.75, 3.05) is 27.9 Å². The molecule has 3 rings (SSSR count). The summed E-state index contributed by atoms with van der Waals surface area (Å²) >= 11 is 0. The number of methoxy groups -OCH3 is 3. The van der Waals surface area contributed by atoms with Gasteiger partial charge in [0.2, 0.25) is 0 Å². The minimum Gasteiger partial charge on any atom is -0.496 e. The van der Waals surface area contributed by atoms with Gasteiger partial charge in [0.15, 0.2) is 16.9 Å². The summed E-state index contributed by atoms with van der Waals surface area (Å²) in [6, 6.07) is 10.0. The Labute approximate surface area is 214 Å². The maximum absolute atomic E-state index is 10.4. The van der Waals surface area contributed by atoms with Crippen molar-refractivity contribution in [2.45, 2.75) is 46.5 Å². The Morgan fingerprint density at radius 3 is 2.00 bits per heavy atom. The molecule has 0 saturated carbocycles. The van der Waals surface area contributed by atoms with Gasteiger partial charge in [-0.15, -0.1) is 0 Å². The third-order valence-electron chi connectivity index (χ3n) is 7.17. The van der Waals surface area contributed by atoms with Crippen LogP contribution in [-0.4, -0.2) is 33.0 Å². The lowest BCUT2D eigenvalue weighted by molar-refractivity contribution is 0.169. The minimum absolute atomic E-state index is 0.00598. The topological polar surface area (TPSA) is 145 Å². The molecule has 0 heterocycles. The molecule has 0 bridgehead atoms. The Hall–Kier alpha value is -3.67. The highest BCUT2D eigenvalue weighted by atomic mass is 16.5. The van der Waals surface area contributed by atoms with Crippen LogP contribution in [-0.2, 0) is 0 Å². The summed E-state index contributed by atoms with van der Waals surface area (Å²) in [6.07, 6.45) is 3.57. The summed E-state index contributed by atoms with van der Waals surface area (Å²) in [4.78, 5) is 0. The molecule has 0 radical (unpaired) electrons. The van der Waals surface area contributed by atoms with Gasteiger partial charge in [0.25, 0.3) is 0 Å². The Morgan fingerprint density at radius 1 is 1.03 bits per heavy atom. The molecule has 0 saturated heterocycles. The van der Waals surface area contributed by atoms with E-state index in [0.29, 0.717) is 35.2 Å². The minimum atomic E-state index is -1.74. The second kappa shape index (κ2) is 11.4. The van der Waals surface area contributed by atoms with Crippen LogP contribution in [0.3, 0.4) is 0 Å². The molecular weight excluding hydrogens is 456 g/mol. The van der Waals surface area contributed by atoms with E-state index in [4.69, 9.17) is 25.1 Å². The second-order valence-corrected chi connectivity index (χ2v) is 9.98. The molecule has 192 valence electrons. The molecule has 2 aliphatic carbocycles. The van der Waals surface area contributed by atoms with Gasteiger partial charge in [0, 0.05) is 24.2 Å². The van der Waals surface area contributed by atoms with Gasteiger partial charge in [-0.25, -0.2) is 0 Å². The second-order valence-electron chi connectivity index (χ2n) is 9.98. The molecule has 3 N–H and O–H groups in total.